The molecule has 0 bridgehead atoms. The SMILES string of the molecule is C=CSc1cc(C=C)c(SC)cc1C. The molecule has 0 nitrogen and oxygen atoms in total. The lowest BCUT2D eigenvalue weighted by Gasteiger charge is -2.08. The van der Waals surface area contributed by atoms with E-state index in [1.54, 1.807) is 23.5 Å². The predicted octanol–water partition coefficient (Wildman–Crippen LogP) is 4.60. The summed E-state index contributed by atoms with van der Waals surface area (Å²) in [5.41, 5.74) is 2.50. The molecular formula is C12H14S2. The van der Waals surface area contributed by atoms with E-state index in [-0.39, 0.29) is 0 Å². The van der Waals surface area contributed by atoms with Crippen molar-refractivity contribution in [3.05, 3.63) is 41.8 Å². The summed E-state index contributed by atoms with van der Waals surface area (Å²) in [5.74, 6) is 0. The highest BCUT2D eigenvalue weighted by Crippen LogP contribution is 2.30. The lowest BCUT2D eigenvalue weighted by molar-refractivity contribution is 1.23. The Bertz CT molecular complexity index is 354. The van der Waals surface area contributed by atoms with E-state index < -0.39 is 0 Å². The molecule has 14 heavy (non-hydrogen) atoms. The summed E-state index contributed by atoms with van der Waals surface area (Å²) in [5, 5.41) is 1.86. The van der Waals surface area contributed by atoms with Crippen LogP contribution in [-0.2, 0) is 0 Å². The molecule has 0 unspecified atom stereocenters. The second kappa shape index (κ2) is 5.32. The monoisotopic (exact) mass is 222 g/mol. The molecule has 0 N–H and O–H groups in total. The van der Waals surface area contributed by atoms with Crippen LogP contribution in [0.5, 0.6) is 0 Å². The Morgan fingerprint density at radius 1 is 1.21 bits per heavy atom. The molecule has 0 aliphatic carbocycles. The summed E-state index contributed by atoms with van der Waals surface area (Å²) in [6, 6.07) is 4.37. The van der Waals surface area contributed by atoms with Gasteiger partial charge in [0.15, 0.2) is 0 Å². The number of rotatable bonds is 4. The molecule has 0 saturated carbocycles. The zero-order valence-electron chi connectivity index (χ0n) is 8.54. The molecule has 1 aromatic rings. The van der Waals surface area contributed by atoms with Crippen LogP contribution in [-0.4, -0.2) is 6.26 Å². The van der Waals surface area contributed by atoms with Crippen LogP contribution in [0.15, 0.2) is 40.5 Å². The highest BCUT2D eigenvalue weighted by Gasteiger charge is 2.03. The van der Waals surface area contributed by atoms with Crippen molar-refractivity contribution in [3.63, 3.8) is 0 Å². The molecule has 0 amide bonds. The number of hydrogen-bond acceptors (Lipinski definition) is 2. The first-order valence-corrected chi connectivity index (χ1v) is 6.42. The van der Waals surface area contributed by atoms with E-state index in [1.165, 1.54) is 20.9 Å². The largest absolute Gasteiger partial charge is 0.129 e. The van der Waals surface area contributed by atoms with E-state index in [4.69, 9.17) is 0 Å². The van der Waals surface area contributed by atoms with Gasteiger partial charge in [-0.05, 0) is 41.8 Å². The number of thioether (sulfide) groups is 2. The zero-order chi connectivity index (χ0) is 10.6. The summed E-state index contributed by atoms with van der Waals surface area (Å²) >= 11 is 3.41. The maximum atomic E-state index is 3.82. The third kappa shape index (κ3) is 2.46. The molecule has 0 aliphatic rings. The number of benzene rings is 1. The first-order valence-electron chi connectivity index (χ1n) is 4.31. The standard InChI is InChI=1S/C12H14S2/c1-5-10-8-11(14-6-2)9(3)7-12(10)13-4/h5-8H,1-2H2,3-4H3. The van der Waals surface area contributed by atoms with Crippen LogP contribution >= 0.6 is 23.5 Å². The molecule has 0 aromatic heterocycles. The fourth-order valence-electron chi connectivity index (χ4n) is 1.23. The molecular weight excluding hydrogens is 208 g/mol. The second-order valence-electron chi connectivity index (χ2n) is 2.85. The van der Waals surface area contributed by atoms with Crippen LogP contribution in [0.2, 0.25) is 0 Å². The van der Waals surface area contributed by atoms with Gasteiger partial charge in [-0.3, -0.25) is 0 Å². The Balaban J connectivity index is 3.22. The predicted molar refractivity (Wildman–Crippen MR) is 69.1 cm³/mol. The maximum absolute atomic E-state index is 3.82. The molecule has 74 valence electrons. The maximum Gasteiger partial charge on any atom is 0.0152 e. The van der Waals surface area contributed by atoms with Gasteiger partial charge in [0.05, 0.1) is 0 Å². The van der Waals surface area contributed by atoms with Crippen molar-refractivity contribution in [1.29, 1.82) is 0 Å². The lowest BCUT2D eigenvalue weighted by atomic mass is 10.1. The van der Waals surface area contributed by atoms with Gasteiger partial charge in [-0.1, -0.05) is 31.0 Å². The van der Waals surface area contributed by atoms with Gasteiger partial charge in [-0.25, -0.2) is 0 Å². The van der Waals surface area contributed by atoms with Gasteiger partial charge in [0.1, 0.15) is 0 Å². The molecule has 0 atom stereocenters. The van der Waals surface area contributed by atoms with Crippen molar-refractivity contribution in [2.45, 2.75) is 16.7 Å². The average molecular weight is 222 g/mol. The fourth-order valence-corrected chi connectivity index (χ4v) is 2.52. The van der Waals surface area contributed by atoms with Crippen LogP contribution in [0, 0.1) is 6.92 Å². The van der Waals surface area contributed by atoms with Gasteiger partial charge in [0.25, 0.3) is 0 Å². The van der Waals surface area contributed by atoms with Gasteiger partial charge in [-0.2, -0.15) is 0 Å². The molecule has 0 fully saturated rings. The van der Waals surface area contributed by atoms with E-state index >= 15 is 0 Å². The molecule has 0 saturated heterocycles. The number of hydrogen-bond donors (Lipinski definition) is 0. The molecule has 2 heteroatoms. The Morgan fingerprint density at radius 3 is 2.43 bits per heavy atom. The van der Waals surface area contributed by atoms with Gasteiger partial charge in [0, 0.05) is 9.79 Å². The minimum atomic E-state index is 1.20. The highest BCUT2D eigenvalue weighted by atomic mass is 32.2. The molecule has 0 spiro atoms. The van der Waals surface area contributed by atoms with E-state index in [0.717, 1.165) is 0 Å². The van der Waals surface area contributed by atoms with Crippen LogP contribution in [0.1, 0.15) is 11.1 Å². The summed E-state index contributed by atoms with van der Waals surface area (Å²) < 4.78 is 0. The van der Waals surface area contributed by atoms with Gasteiger partial charge >= 0.3 is 0 Å². The Morgan fingerprint density at radius 2 is 1.93 bits per heavy atom. The Kier molecular flexibility index (Phi) is 4.36. The van der Waals surface area contributed by atoms with Gasteiger partial charge < -0.3 is 0 Å². The smallest absolute Gasteiger partial charge is 0.0152 e. The first-order chi connectivity index (χ1) is 6.72. The molecule has 0 aliphatic heterocycles. The van der Waals surface area contributed by atoms with Crippen LogP contribution < -0.4 is 0 Å². The van der Waals surface area contributed by atoms with E-state index in [1.807, 2.05) is 11.5 Å². The summed E-state index contributed by atoms with van der Waals surface area (Å²) in [7, 11) is 0. The van der Waals surface area contributed by atoms with E-state index in [0.29, 0.717) is 0 Å². The zero-order valence-corrected chi connectivity index (χ0v) is 10.2. The van der Waals surface area contributed by atoms with Crippen molar-refractivity contribution < 1.29 is 0 Å². The summed E-state index contributed by atoms with van der Waals surface area (Å²) in [4.78, 5) is 2.54. The normalized spacial score (nSPS) is 9.86. The Hall–Kier alpha value is -0.600. The third-order valence-electron chi connectivity index (χ3n) is 1.96. The summed E-state index contributed by atoms with van der Waals surface area (Å²) in [6.07, 6.45) is 3.99. The quantitative estimate of drug-likeness (QED) is 0.683. The molecule has 0 radical (unpaired) electrons. The van der Waals surface area contributed by atoms with Crippen molar-refractivity contribution in [3.8, 4) is 0 Å². The number of aryl methyl sites for hydroxylation is 1. The topological polar surface area (TPSA) is 0 Å². The average Bonchev–Trinajstić information content (AvgIpc) is 2.20. The molecule has 1 rings (SSSR count). The minimum absolute atomic E-state index is 1.20. The van der Waals surface area contributed by atoms with Crippen molar-refractivity contribution in [2.75, 3.05) is 6.26 Å². The van der Waals surface area contributed by atoms with Crippen molar-refractivity contribution >= 4 is 29.6 Å². The third-order valence-corrected chi connectivity index (χ3v) is 3.61. The minimum Gasteiger partial charge on any atom is -0.129 e. The van der Waals surface area contributed by atoms with Crippen LogP contribution in [0.25, 0.3) is 6.08 Å². The van der Waals surface area contributed by atoms with Crippen LogP contribution in [0.4, 0.5) is 0 Å². The molecule has 1 aromatic carbocycles. The van der Waals surface area contributed by atoms with Crippen molar-refractivity contribution in [2.24, 2.45) is 0 Å². The van der Waals surface area contributed by atoms with Gasteiger partial charge in [-0.15, -0.1) is 11.8 Å². The fraction of sp³-hybridized carbons (Fsp3) is 0.167. The van der Waals surface area contributed by atoms with Crippen LogP contribution in [0.3, 0.4) is 0 Å². The highest BCUT2D eigenvalue weighted by molar-refractivity contribution is 8.02. The Labute approximate surface area is 94.5 Å². The van der Waals surface area contributed by atoms with E-state index in [9.17, 15) is 0 Å². The first kappa shape index (κ1) is 11.5. The van der Waals surface area contributed by atoms with Gasteiger partial charge in [0.2, 0.25) is 0 Å². The second-order valence-corrected chi connectivity index (χ2v) is 4.71. The van der Waals surface area contributed by atoms with Crippen molar-refractivity contribution in [1.82, 2.24) is 0 Å². The van der Waals surface area contributed by atoms with E-state index in [2.05, 4.69) is 38.5 Å². The molecule has 0 heterocycles. The lowest BCUT2D eigenvalue weighted by Crippen LogP contribution is -1.84. The summed E-state index contributed by atoms with van der Waals surface area (Å²) in [6.45, 7) is 9.67.